The van der Waals surface area contributed by atoms with Crippen LogP contribution in [0.1, 0.15) is 29.9 Å². The van der Waals surface area contributed by atoms with Crippen LogP contribution in [0, 0.1) is 0 Å². The van der Waals surface area contributed by atoms with Gasteiger partial charge in [-0.2, -0.15) is 0 Å². The normalized spacial score (nSPS) is 11.5. The van der Waals surface area contributed by atoms with E-state index in [1.165, 1.54) is 0 Å². The van der Waals surface area contributed by atoms with Crippen LogP contribution < -0.4 is 0 Å². The Balaban J connectivity index is 2.06. The summed E-state index contributed by atoms with van der Waals surface area (Å²) in [6, 6.07) is 11.3. The highest BCUT2D eigenvalue weighted by atomic mass is 35.5. The lowest BCUT2D eigenvalue weighted by atomic mass is 9.97. The first-order chi connectivity index (χ1) is 14.4. The Hall–Kier alpha value is -2.60. The number of esters is 1. The number of hydrogen-bond acceptors (Lipinski definition) is 4. The van der Waals surface area contributed by atoms with Gasteiger partial charge in [0.05, 0.1) is 24.4 Å². The number of benzene rings is 2. The van der Waals surface area contributed by atoms with Crippen LogP contribution in [0.3, 0.4) is 0 Å². The summed E-state index contributed by atoms with van der Waals surface area (Å²) in [5, 5.41) is 2.91. The predicted octanol–water partition coefficient (Wildman–Crippen LogP) is 6.40. The number of hydrogen-bond donors (Lipinski definition) is 1. The molecule has 4 rings (SSSR count). The summed E-state index contributed by atoms with van der Waals surface area (Å²) in [6.07, 6.45) is 1.40. The molecular formula is C23H20Cl2N2O3. The van der Waals surface area contributed by atoms with Gasteiger partial charge in [0, 0.05) is 44.6 Å². The summed E-state index contributed by atoms with van der Waals surface area (Å²) in [4.78, 5) is 20.5. The number of methoxy groups -OCH3 is 1. The number of carbonyl (C=O) groups is 1. The van der Waals surface area contributed by atoms with Gasteiger partial charge in [0.15, 0.2) is 5.69 Å². The van der Waals surface area contributed by atoms with Crippen molar-refractivity contribution in [1.82, 2.24) is 9.97 Å². The highest BCUT2D eigenvalue weighted by molar-refractivity contribution is 6.37. The summed E-state index contributed by atoms with van der Waals surface area (Å²) >= 11 is 12.6. The highest BCUT2D eigenvalue weighted by Crippen LogP contribution is 2.40. The molecule has 30 heavy (non-hydrogen) atoms. The van der Waals surface area contributed by atoms with Crippen molar-refractivity contribution in [3.05, 3.63) is 63.9 Å². The van der Waals surface area contributed by atoms with Crippen LogP contribution in [0.4, 0.5) is 0 Å². The number of aromatic nitrogens is 2. The second kappa shape index (κ2) is 8.26. The van der Waals surface area contributed by atoms with Crippen molar-refractivity contribution in [3.8, 4) is 11.1 Å². The first-order valence-corrected chi connectivity index (χ1v) is 10.2. The molecule has 0 aliphatic carbocycles. The van der Waals surface area contributed by atoms with E-state index in [-0.39, 0.29) is 18.4 Å². The van der Waals surface area contributed by atoms with E-state index in [1.54, 1.807) is 39.3 Å². The first kappa shape index (κ1) is 20.7. The number of nitrogens with one attached hydrogen (secondary N) is 1. The molecular weight excluding hydrogens is 423 g/mol. The van der Waals surface area contributed by atoms with Crippen LogP contribution in [0.25, 0.3) is 32.9 Å². The Kier molecular flexibility index (Phi) is 5.69. The number of carbonyl (C=O) groups excluding carboxylic acids is 1. The fourth-order valence-electron chi connectivity index (χ4n) is 3.67. The van der Waals surface area contributed by atoms with Gasteiger partial charge in [0.1, 0.15) is 0 Å². The molecule has 154 valence electrons. The Labute approximate surface area is 183 Å². The smallest absolute Gasteiger partial charge is 0.357 e. The largest absolute Gasteiger partial charge is 0.458 e. The third kappa shape index (κ3) is 3.65. The first-order valence-electron chi connectivity index (χ1n) is 9.48. The van der Waals surface area contributed by atoms with E-state index < -0.39 is 5.97 Å². The van der Waals surface area contributed by atoms with E-state index >= 15 is 0 Å². The number of fused-ring (bicyclic) bond motifs is 3. The molecule has 0 fully saturated rings. The maximum Gasteiger partial charge on any atom is 0.357 e. The van der Waals surface area contributed by atoms with Gasteiger partial charge in [-0.25, -0.2) is 9.78 Å². The maximum absolute atomic E-state index is 12.7. The van der Waals surface area contributed by atoms with Gasteiger partial charge in [0.2, 0.25) is 0 Å². The lowest BCUT2D eigenvalue weighted by molar-refractivity contribution is 0.0366. The van der Waals surface area contributed by atoms with E-state index in [0.717, 1.165) is 32.9 Å². The second-order valence-electron chi connectivity index (χ2n) is 7.24. The molecule has 2 heterocycles. The summed E-state index contributed by atoms with van der Waals surface area (Å²) in [5.41, 5.74) is 4.39. The Bertz CT molecular complexity index is 1260. The monoisotopic (exact) mass is 442 g/mol. The van der Waals surface area contributed by atoms with Crippen molar-refractivity contribution in [2.75, 3.05) is 7.11 Å². The number of H-pyrrole nitrogens is 1. The molecule has 0 aliphatic heterocycles. The zero-order chi connectivity index (χ0) is 21.4. The average Bonchev–Trinajstić information content (AvgIpc) is 3.07. The minimum atomic E-state index is -0.477. The van der Waals surface area contributed by atoms with Gasteiger partial charge >= 0.3 is 5.97 Å². The fourth-order valence-corrected chi connectivity index (χ4v) is 4.18. The molecule has 1 N–H and O–H groups in total. The van der Waals surface area contributed by atoms with Crippen LogP contribution >= 0.6 is 23.2 Å². The lowest BCUT2D eigenvalue weighted by Gasteiger charge is -2.13. The topological polar surface area (TPSA) is 64.2 Å². The maximum atomic E-state index is 12.7. The minimum Gasteiger partial charge on any atom is -0.458 e. The molecule has 0 amide bonds. The number of rotatable bonds is 5. The molecule has 0 radical (unpaired) electrons. The average molecular weight is 443 g/mol. The Morgan fingerprint density at radius 3 is 2.60 bits per heavy atom. The van der Waals surface area contributed by atoms with Crippen molar-refractivity contribution in [3.63, 3.8) is 0 Å². The molecule has 0 bridgehead atoms. The molecule has 0 unspecified atom stereocenters. The van der Waals surface area contributed by atoms with Crippen LogP contribution in [0.5, 0.6) is 0 Å². The molecule has 2 aromatic heterocycles. The summed E-state index contributed by atoms with van der Waals surface area (Å²) < 4.78 is 10.8. The SMILES string of the molecule is COCc1c(C(=O)OC(C)C)ncc2[nH]c3cccc(-c4ccc(Cl)cc4Cl)c3c12. The quantitative estimate of drug-likeness (QED) is 0.363. The molecule has 2 aromatic carbocycles. The predicted molar refractivity (Wildman–Crippen MR) is 120 cm³/mol. The van der Waals surface area contributed by atoms with E-state index in [1.807, 2.05) is 24.3 Å². The number of pyridine rings is 1. The molecule has 0 aliphatic rings. The van der Waals surface area contributed by atoms with E-state index in [9.17, 15) is 4.79 Å². The van der Waals surface area contributed by atoms with E-state index in [2.05, 4.69) is 9.97 Å². The summed E-state index contributed by atoms with van der Waals surface area (Å²) in [6.45, 7) is 3.82. The molecule has 7 heteroatoms. The van der Waals surface area contributed by atoms with Gasteiger partial charge < -0.3 is 14.5 Å². The number of nitrogens with zero attached hydrogens (tertiary/aromatic N) is 1. The van der Waals surface area contributed by atoms with E-state index in [4.69, 9.17) is 32.7 Å². The number of halogens is 2. The van der Waals surface area contributed by atoms with Gasteiger partial charge in [-0.05, 0) is 37.6 Å². The van der Waals surface area contributed by atoms with Crippen molar-refractivity contribution < 1.29 is 14.3 Å². The second-order valence-corrected chi connectivity index (χ2v) is 8.08. The van der Waals surface area contributed by atoms with Crippen molar-refractivity contribution in [2.45, 2.75) is 26.6 Å². The van der Waals surface area contributed by atoms with Crippen molar-refractivity contribution >= 4 is 51.0 Å². The molecule has 0 saturated heterocycles. The zero-order valence-electron chi connectivity index (χ0n) is 16.8. The third-order valence-electron chi connectivity index (χ3n) is 4.81. The van der Waals surface area contributed by atoms with Crippen molar-refractivity contribution in [1.29, 1.82) is 0 Å². The van der Waals surface area contributed by atoms with Crippen LogP contribution in [0.15, 0.2) is 42.6 Å². The Morgan fingerprint density at radius 2 is 1.90 bits per heavy atom. The standard InChI is InChI=1S/C23H20Cl2N2O3/c1-12(2)30-23(28)22-16(11-29-3)21-19(10-26-22)27-18-6-4-5-15(20(18)21)14-8-7-13(24)9-17(14)25/h4-10,12,27H,11H2,1-3H3. The Morgan fingerprint density at radius 1 is 1.10 bits per heavy atom. The molecule has 4 aromatic rings. The number of ether oxygens (including phenoxy) is 2. The van der Waals surface area contributed by atoms with Gasteiger partial charge in [0.25, 0.3) is 0 Å². The molecule has 0 atom stereocenters. The van der Waals surface area contributed by atoms with Crippen LogP contribution in [-0.4, -0.2) is 29.2 Å². The highest BCUT2D eigenvalue weighted by Gasteiger charge is 2.23. The van der Waals surface area contributed by atoms with Crippen LogP contribution in [-0.2, 0) is 16.1 Å². The zero-order valence-corrected chi connectivity index (χ0v) is 18.3. The minimum absolute atomic E-state index is 0.211. The van der Waals surface area contributed by atoms with E-state index in [0.29, 0.717) is 15.6 Å². The number of aromatic amines is 1. The fraction of sp³-hybridized carbons (Fsp3) is 0.217. The molecule has 0 saturated carbocycles. The van der Waals surface area contributed by atoms with Gasteiger partial charge in [-0.1, -0.05) is 41.4 Å². The van der Waals surface area contributed by atoms with Gasteiger partial charge in [-0.3, -0.25) is 0 Å². The summed E-state index contributed by atoms with van der Waals surface area (Å²) in [7, 11) is 1.59. The molecule has 5 nitrogen and oxygen atoms in total. The van der Waals surface area contributed by atoms with Crippen LogP contribution in [0.2, 0.25) is 10.0 Å². The molecule has 0 spiro atoms. The summed E-state index contributed by atoms with van der Waals surface area (Å²) in [5.74, 6) is -0.477. The lowest BCUT2D eigenvalue weighted by Crippen LogP contribution is -2.15. The third-order valence-corrected chi connectivity index (χ3v) is 5.36. The van der Waals surface area contributed by atoms with Crippen molar-refractivity contribution in [2.24, 2.45) is 0 Å². The van der Waals surface area contributed by atoms with Gasteiger partial charge in [-0.15, -0.1) is 0 Å².